The fourth-order valence-electron chi connectivity index (χ4n) is 3.06. The van der Waals surface area contributed by atoms with Crippen molar-refractivity contribution in [3.8, 4) is 0 Å². The third-order valence-corrected chi connectivity index (χ3v) is 5.93. The van der Waals surface area contributed by atoms with Crippen molar-refractivity contribution in [3.05, 3.63) is 29.3 Å². The highest BCUT2D eigenvalue weighted by atomic mass is 32.1. The maximum absolute atomic E-state index is 5.58. The fourth-order valence-corrected chi connectivity index (χ4v) is 4.30. The summed E-state index contributed by atoms with van der Waals surface area (Å²) in [5.74, 6) is 0.711. The van der Waals surface area contributed by atoms with Crippen molar-refractivity contribution in [2.24, 2.45) is 5.92 Å². The Balaban J connectivity index is 1.60. The Morgan fingerprint density at radius 2 is 2.14 bits per heavy atom. The van der Waals surface area contributed by atoms with Crippen molar-refractivity contribution in [1.82, 2.24) is 15.2 Å². The van der Waals surface area contributed by atoms with Gasteiger partial charge in [0.1, 0.15) is 5.01 Å². The Morgan fingerprint density at radius 3 is 2.91 bits per heavy atom. The monoisotopic (exact) mass is 333 g/mol. The predicted molar refractivity (Wildman–Crippen MR) is 98.2 cm³/mol. The van der Waals surface area contributed by atoms with Crippen molar-refractivity contribution in [3.63, 3.8) is 0 Å². The van der Waals surface area contributed by atoms with Gasteiger partial charge in [0, 0.05) is 13.1 Å². The number of nitrogens with zero attached hydrogens (tertiary/aromatic N) is 2. The van der Waals surface area contributed by atoms with Gasteiger partial charge in [-0.2, -0.15) is 0 Å². The first-order chi connectivity index (χ1) is 10.6. The molecule has 0 spiro atoms. The van der Waals surface area contributed by atoms with Gasteiger partial charge in [0.25, 0.3) is 0 Å². The summed E-state index contributed by atoms with van der Waals surface area (Å²) in [6.07, 6.45) is 5.21. The average molecular weight is 334 g/mol. The molecule has 2 aromatic rings. The van der Waals surface area contributed by atoms with Crippen LogP contribution < -0.4 is 5.32 Å². The van der Waals surface area contributed by atoms with Crippen molar-refractivity contribution >= 4 is 38.9 Å². The molecule has 0 aliphatic heterocycles. The Kier molecular flexibility index (Phi) is 4.93. The molecule has 2 atom stereocenters. The standard InChI is InChI=1S/C17H23N3S2/c1-12-7-3-4-8-13(12)19-17(21)20(2)11-16-18-14-9-5-6-10-15(14)22-16/h5-6,9-10,12-13H,3-4,7-8,11H2,1-2H3,(H,19,21)/t12-,13+/m1/s1. The van der Waals surface area contributed by atoms with Crippen LogP contribution in [0.2, 0.25) is 0 Å². The maximum atomic E-state index is 5.58. The lowest BCUT2D eigenvalue weighted by Crippen LogP contribution is -2.46. The summed E-state index contributed by atoms with van der Waals surface area (Å²) in [7, 11) is 2.05. The lowest BCUT2D eigenvalue weighted by atomic mass is 9.86. The first kappa shape index (κ1) is 15.7. The van der Waals surface area contributed by atoms with Gasteiger partial charge in [-0.25, -0.2) is 4.98 Å². The molecule has 0 radical (unpaired) electrons. The van der Waals surface area contributed by atoms with E-state index in [1.807, 2.05) is 6.07 Å². The van der Waals surface area contributed by atoms with Gasteiger partial charge in [-0.05, 0) is 43.1 Å². The second kappa shape index (κ2) is 6.92. The molecule has 0 amide bonds. The second-order valence-electron chi connectivity index (χ2n) is 6.25. The zero-order valence-corrected chi connectivity index (χ0v) is 14.8. The summed E-state index contributed by atoms with van der Waals surface area (Å²) < 4.78 is 1.24. The van der Waals surface area contributed by atoms with Gasteiger partial charge in [0.2, 0.25) is 0 Å². The van der Waals surface area contributed by atoms with Gasteiger partial charge in [-0.1, -0.05) is 31.9 Å². The van der Waals surface area contributed by atoms with Crippen LogP contribution in [0, 0.1) is 5.92 Å². The zero-order valence-electron chi connectivity index (χ0n) is 13.2. The molecular formula is C17H23N3S2. The van der Waals surface area contributed by atoms with E-state index in [2.05, 4.69) is 47.4 Å². The Morgan fingerprint density at radius 1 is 1.36 bits per heavy atom. The largest absolute Gasteiger partial charge is 0.360 e. The Bertz CT molecular complexity index is 619. The fraction of sp³-hybridized carbons (Fsp3) is 0.529. The molecule has 1 aliphatic carbocycles. The number of rotatable bonds is 3. The third-order valence-electron chi connectivity index (χ3n) is 4.48. The zero-order chi connectivity index (χ0) is 15.5. The minimum Gasteiger partial charge on any atom is -0.360 e. The molecule has 3 nitrogen and oxygen atoms in total. The van der Waals surface area contributed by atoms with Crippen molar-refractivity contribution in [1.29, 1.82) is 0 Å². The molecule has 0 unspecified atom stereocenters. The lowest BCUT2D eigenvalue weighted by Gasteiger charge is -2.32. The van der Waals surface area contributed by atoms with Crippen LogP contribution in [0.1, 0.15) is 37.6 Å². The van der Waals surface area contributed by atoms with E-state index in [9.17, 15) is 0 Å². The molecule has 3 rings (SSSR count). The minimum atomic E-state index is 0.527. The van der Waals surface area contributed by atoms with Crippen LogP contribution in [0.3, 0.4) is 0 Å². The first-order valence-corrected chi connectivity index (χ1v) is 9.22. The van der Waals surface area contributed by atoms with Crippen LogP contribution in [0.25, 0.3) is 10.2 Å². The van der Waals surface area contributed by atoms with E-state index in [1.165, 1.54) is 30.4 Å². The summed E-state index contributed by atoms with van der Waals surface area (Å²) in [6, 6.07) is 8.81. The average Bonchev–Trinajstić information content (AvgIpc) is 2.91. The van der Waals surface area contributed by atoms with E-state index in [0.717, 1.165) is 22.2 Å². The Hall–Kier alpha value is -1.20. The van der Waals surface area contributed by atoms with Gasteiger partial charge < -0.3 is 10.2 Å². The van der Waals surface area contributed by atoms with E-state index in [-0.39, 0.29) is 0 Å². The number of para-hydroxylation sites is 1. The highest BCUT2D eigenvalue weighted by molar-refractivity contribution is 7.80. The molecule has 0 saturated heterocycles. The van der Waals surface area contributed by atoms with Crippen LogP contribution in [0.5, 0.6) is 0 Å². The minimum absolute atomic E-state index is 0.527. The molecule has 1 fully saturated rings. The maximum Gasteiger partial charge on any atom is 0.169 e. The molecule has 1 heterocycles. The molecule has 1 aliphatic rings. The molecular weight excluding hydrogens is 310 g/mol. The molecule has 22 heavy (non-hydrogen) atoms. The van der Waals surface area contributed by atoms with Crippen molar-refractivity contribution in [2.75, 3.05) is 7.05 Å². The molecule has 1 aromatic heterocycles. The van der Waals surface area contributed by atoms with Crippen molar-refractivity contribution in [2.45, 2.75) is 45.2 Å². The van der Waals surface area contributed by atoms with Gasteiger partial charge in [0.05, 0.1) is 16.8 Å². The third kappa shape index (κ3) is 3.58. The van der Waals surface area contributed by atoms with E-state index in [4.69, 9.17) is 12.2 Å². The summed E-state index contributed by atoms with van der Waals surface area (Å²) in [6.45, 7) is 3.10. The highest BCUT2D eigenvalue weighted by Crippen LogP contribution is 2.25. The smallest absolute Gasteiger partial charge is 0.169 e. The van der Waals surface area contributed by atoms with Crippen LogP contribution in [-0.4, -0.2) is 28.1 Å². The number of thiocarbonyl (C=S) groups is 1. The number of thiazole rings is 1. The normalized spacial score (nSPS) is 21.7. The van der Waals surface area contributed by atoms with E-state index in [1.54, 1.807) is 11.3 Å². The topological polar surface area (TPSA) is 28.2 Å². The number of benzene rings is 1. The van der Waals surface area contributed by atoms with E-state index in [0.29, 0.717) is 12.0 Å². The lowest BCUT2D eigenvalue weighted by molar-refractivity contribution is 0.300. The van der Waals surface area contributed by atoms with Crippen LogP contribution in [0.15, 0.2) is 24.3 Å². The van der Waals surface area contributed by atoms with Crippen LogP contribution in [-0.2, 0) is 6.54 Å². The first-order valence-electron chi connectivity index (χ1n) is 7.99. The molecule has 118 valence electrons. The molecule has 1 N–H and O–H groups in total. The molecule has 1 saturated carbocycles. The van der Waals surface area contributed by atoms with Gasteiger partial charge in [-0.3, -0.25) is 0 Å². The van der Waals surface area contributed by atoms with Crippen molar-refractivity contribution < 1.29 is 0 Å². The SMILES string of the molecule is C[C@@H]1CCCC[C@@H]1NC(=S)N(C)Cc1nc2ccccc2s1. The Labute approximate surface area is 141 Å². The molecule has 5 heteroatoms. The highest BCUT2D eigenvalue weighted by Gasteiger charge is 2.22. The number of aromatic nitrogens is 1. The van der Waals surface area contributed by atoms with E-state index >= 15 is 0 Å². The van der Waals surface area contributed by atoms with Gasteiger partial charge in [-0.15, -0.1) is 11.3 Å². The second-order valence-corrected chi connectivity index (χ2v) is 7.75. The van der Waals surface area contributed by atoms with Crippen LogP contribution in [0.4, 0.5) is 0 Å². The quantitative estimate of drug-likeness (QED) is 0.853. The van der Waals surface area contributed by atoms with Gasteiger partial charge in [0.15, 0.2) is 5.11 Å². The molecule has 0 bridgehead atoms. The number of nitrogens with one attached hydrogen (secondary N) is 1. The number of fused-ring (bicyclic) bond motifs is 1. The summed E-state index contributed by atoms with van der Waals surface area (Å²) in [5.41, 5.74) is 1.08. The summed E-state index contributed by atoms with van der Waals surface area (Å²) in [5, 5.41) is 5.52. The number of hydrogen-bond donors (Lipinski definition) is 1. The molecule has 1 aromatic carbocycles. The van der Waals surface area contributed by atoms with Gasteiger partial charge >= 0.3 is 0 Å². The number of hydrogen-bond acceptors (Lipinski definition) is 3. The summed E-state index contributed by atoms with van der Waals surface area (Å²) in [4.78, 5) is 6.79. The predicted octanol–water partition coefficient (Wildman–Crippen LogP) is 4.18. The van der Waals surface area contributed by atoms with E-state index < -0.39 is 0 Å². The van der Waals surface area contributed by atoms with Crippen LogP contribution >= 0.6 is 23.6 Å². The summed E-state index contributed by atoms with van der Waals surface area (Å²) >= 11 is 7.33.